The second-order valence-corrected chi connectivity index (χ2v) is 47.3. The average molecular weight is 2070 g/mol. The first-order chi connectivity index (χ1) is 67.6. The summed E-state index contributed by atoms with van der Waals surface area (Å²) >= 11 is 0. The van der Waals surface area contributed by atoms with Crippen LogP contribution in [0.25, 0.3) is 5.57 Å². The van der Waals surface area contributed by atoms with Gasteiger partial charge in [0, 0.05) is 163 Å². The standard InChI is InChI=1S/2C22H40N2O4.C22H42N2O3.C21H38N2O4.C19H28O.C14H30N2O/c2*1-13(2)19(25)11-9-18(22(28)15(5)6)24-20(26)12-10-17(23-16(7)8)21(27)14(3)4;1-15(2)20(25)13-24(14-21(26)16(3)4)19(22(27)17(5)6)11-9-10-12-23-18(7)8;1-14(2)18(24)11-22(12-19(25)15(3)4)9-10-23(21(27)17(7)8)13-20(26)16(5)6;1-12(2)8-16-9-17(15(7)13(3)4)11-18(10-16)19(20)14(5)6;1-10(2)14(17)13(16-12(5)6)8-7-9-15-11(3)4/h2*13-18,23H,9-12H2,1-8H3,(H,24,26);15-19,23H,9-14H2,1-8H3;14-17H,9-13H2,1-8H3;9-14H,7-8H2,1-6H3;10-13,15-16H,7-9H2,1-6H3/t;;;;;13-/m.....0/s1. The van der Waals surface area contributed by atoms with Crippen molar-refractivity contribution in [1.29, 1.82) is 0 Å². The minimum Gasteiger partial charge on any atom is -0.346 e. The highest BCUT2D eigenvalue weighted by atomic mass is 16.2. The molecule has 0 spiro atoms. The minimum atomic E-state index is -0.660. The molecule has 1 rings (SSSR count). The number of hydrogen-bond donors (Lipinski definition) is 7. The van der Waals surface area contributed by atoms with E-state index in [4.69, 9.17) is 0 Å². The predicted molar refractivity (Wildman–Crippen MR) is 606 cm³/mol. The molecule has 3 amide bonds. The smallest absolute Gasteiger partial charge is 0.225 e. The normalized spacial score (nSPS) is 13.0. The van der Waals surface area contributed by atoms with E-state index in [1.54, 1.807) is 51.3 Å². The second-order valence-electron chi connectivity index (χ2n) is 47.3. The first-order valence-electron chi connectivity index (χ1n) is 56.0. The molecular weight excluding hydrogens is 1850 g/mol. The van der Waals surface area contributed by atoms with Gasteiger partial charge in [0.1, 0.15) is 34.7 Å². The molecule has 0 aliphatic rings. The summed E-state index contributed by atoms with van der Waals surface area (Å²) in [6.45, 7) is 92.3. The Labute approximate surface area is 894 Å². The summed E-state index contributed by atoms with van der Waals surface area (Å²) in [6, 6.07) is 5.42. The molecule has 850 valence electrons. The molecule has 0 radical (unpaired) electrons. The highest BCUT2D eigenvalue weighted by Crippen LogP contribution is 2.27. The zero-order valence-corrected chi connectivity index (χ0v) is 101. The molecule has 0 aliphatic heterocycles. The van der Waals surface area contributed by atoms with Gasteiger partial charge in [-0.05, 0) is 112 Å². The summed E-state index contributed by atoms with van der Waals surface area (Å²) in [5, 5.41) is 22.2. The quantitative estimate of drug-likeness (QED) is 0.0235. The van der Waals surface area contributed by atoms with Crippen molar-refractivity contribution in [2.75, 3.05) is 58.9 Å². The highest BCUT2D eigenvalue weighted by Gasteiger charge is 2.35. The molecule has 1 aromatic rings. The monoisotopic (exact) mass is 2070 g/mol. The number of unbranched alkanes of at least 4 members (excludes halogenated alkanes) is 1. The van der Waals surface area contributed by atoms with E-state index in [9.17, 15) is 81.5 Å². The molecule has 0 saturated carbocycles. The summed E-state index contributed by atoms with van der Waals surface area (Å²) in [5.41, 5.74) is 4.29. The van der Waals surface area contributed by atoms with E-state index >= 15 is 0 Å². The number of allylic oxidation sites excluding steroid dienone is 1. The van der Waals surface area contributed by atoms with E-state index in [1.807, 2.05) is 205 Å². The second kappa shape index (κ2) is 79.5. The van der Waals surface area contributed by atoms with Gasteiger partial charge in [-0.2, -0.15) is 0 Å². The van der Waals surface area contributed by atoms with E-state index in [1.165, 1.54) is 5.56 Å². The molecule has 27 nitrogen and oxygen atoms in total. The molecule has 0 heterocycles. The van der Waals surface area contributed by atoms with Crippen molar-refractivity contribution in [3.8, 4) is 0 Å². The predicted octanol–water partition coefficient (Wildman–Crippen LogP) is 19.8. The number of carbonyl (C=O) groups is 17. The number of Topliss-reactive ketones (excluding diaryl/α,β-unsaturated/α-hetero) is 14. The fraction of sp³-hybridized carbons (Fsp3) is 0.792. The van der Waals surface area contributed by atoms with Gasteiger partial charge in [0.25, 0.3) is 0 Å². The SMILES string of the molecule is C=C(c1cc(CC(C)C)cc(C(=O)C(C)C)c1)C(C)C.CC(C)C(=O)CN(CCN(CC(=O)C(C)C)C(=O)C(C)C)CC(=O)C(C)C.CC(C)NC(CCC(=O)NC(CCC(=O)C(C)C)C(=O)C(C)C)C(=O)C(C)C.CC(C)NC(CCC(=O)NC(CCC(=O)C(C)C)C(=O)C(C)C)C(=O)C(C)C.CC(C)NCCCCC(C(=O)C(C)C)N(CC(=O)C(C)C)CC(=O)C(C)C.CC(C)NCCC[C@H](NC(C)C)C(=O)C(C)C. The van der Waals surface area contributed by atoms with Gasteiger partial charge in [0.05, 0.1) is 69.0 Å². The maximum Gasteiger partial charge on any atom is 0.225 e. The summed E-state index contributed by atoms with van der Waals surface area (Å²) in [6.07, 6.45) is 7.77. The van der Waals surface area contributed by atoms with Crippen molar-refractivity contribution in [2.24, 2.45) is 101 Å². The Hall–Kier alpha value is -7.53. The first kappa shape index (κ1) is 148. The van der Waals surface area contributed by atoms with Crippen molar-refractivity contribution >= 4 is 104 Å². The van der Waals surface area contributed by atoms with Crippen molar-refractivity contribution in [2.45, 2.75) is 461 Å². The lowest BCUT2D eigenvalue weighted by Gasteiger charge is -2.32. The lowest BCUT2D eigenvalue weighted by molar-refractivity contribution is -0.139. The number of hydrogen-bond acceptors (Lipinski definition) is 24. The average Bonchev–Trinajstić information content (AvgIpc) is 0.823. The Bertz CT molecular complexity index is 3910. The van der Waals surface area contributed by atoms with Crippen LogP contribution in [0.5, 0.6) is 0 Å². The van der Waals surface area contributed by atoms with Gasteiger partial charge in [0.15, 0.2) is 46.3 Å². The van der Waals surface area contributed by atoms with E-state index in [0.29, 0.717) is 80.9 Å². The molecule has 0 bridgehead atoms. The number of carbonyl (C=O) groups excluding carboxylic acids is 17. The topological polar surface area (TPSA) is 384 Å². The third-order valence-corrected chi connectivity index (χ3v) is 24.9. The Balaban J connectivity index is -0.000000553. The van der Waals surface area contributed by atoms with E-state index in [0.717, 1.165) is 61.9 Å². The summed E-state index contributed by atoms with van der Waals surface area (Å²) < 4.78 is 0. The highest BCUT2D eigenvalue weighted by molar-refractivity contribution is 5.99. The van der Waals surface area contributed by atoms with Crippen LogP contribution in [0.2, 0.25) is 0 Å². The lowest BCUT2D eigenvalue weighted by atomic mass is 9.89. The molecule has 0 aromatic heterocycles. The van der Waals surface area contributed by atoms with Crippen LogP contribution in [0.15, 0.2) is 24.8 Å². The van der Waals surface area contributed by atoms with Gasteiger partial charge >= 0.3 is 0 Å². The number of nitrogens with one attached hydrogen (secondary N) is 7. The van der Waals surface area contributed by atoms with Crippen LogP contribution in [0, 0.1) is 101 Å². The van der Waals surface area contributed by atoms with Gasteiger partial charge in [-0.1, -0.05) is 324 Å². The van der Waals surface area contributed by atoms with Gasteiger partial charge in [-0.3, -0.25) is 91.3 Å². The van der Waals surface area contributed by atoms with Crippen LogP contribution in [0.1, 0.15) is 410 Å². The van der Waals surface area contributed by atoms with Gasteiger partial charge in [0.2, 0.25) is 17.7 Å². The molecule has 147 heavy (non-hydrogen) atoms. The molecule has 1 aromatic carbocycles. The molecule has 7 N–H and O–H groups in total. The molecule has 6 atom stereocenters. The molecule has 0 saturated heterocycles. The lowest BCUT2D eigenvalue weighted by Crippen LogP contribution is -2.49. The van der Waals surface area contributed by atoms with Crippen LogP contribution in [-0.4, -0.2) is 239 Å². The van der Waals surface area contributed by atoms with Crippen molar-refractivity contribution in [1.82, 2.24) is 51.9 Å². The molecule has 0 aliphatic carbocycles. The van der Waals surface area contributed by atoms with E-state index in [-0.39, 0.29) is 276 Å². The molecule has 5 unspecified atom stereocenters. The van der Waals surface area contributed by atoms with Crippen LogP contribution in [-0.2, 0) is 83.1 Å². The van der Waals surface area contributed by atoms with Crippen LogP contribution >= 0.6 is 0 Å². The zero-order chi connectivity index (χ0) is 115. The summed E-state index contributed by atoms with van der Waals surface area (Å²) in [4.78, 5) is 214. The van der Waals surface area contributed by atoms with Gasteiger partial charge in [-0.25, -0.2) is 0 Å². The molecular formula is C120H218N10O17. The van der Waals surface area contributed by atoms with Crippen molar-refractivity contribution < 1.29 is 81.5 Å². The fourth-order valence-electron chi connectivity index (χ4n) is 15.0. The van der Waals surface area contributed by atoms with Crippen LogP contribution in [0.4, 0.5) is 0 Å². The molecule has 27 heteroatoms. The maximum absolute atomic E-state index is 12.9. The van der Waals surface area contributed by atoms with Gasteiger partial charge < -0.3 is 42.1 Å². The minimum absolute atomic E-state index is 0.00654. The van der Waals surface area contributed by atoms with Crippen molar-refractivity contribution in [3.63, 3.8) is 0 Å². The number of nitrogens with zero attached hydrogens (tertiary/aromatic N) is 3. The largest absolute Gasteiger partial charge is 0.346 e. The first-order valence-corrected chi connectivity index (χ1v) is 56.0. The fourth-order valence-corrected chi connectivity index (χ4v) is 15.0. The number of benzene rings is 1. The van der Waals surface area contributed by atoms with E-state index < -0.39 is 12.1 Å². The maximum atomic E-state index is 12.9. The summed E-state index contributed by atoms with van der Waals surface area (Å²) in [7, 11) is 0. The Morgan fingerprint density at radius 1 is 0.272 bits per heavy atom. The van der Waals surface area contributed by atoms with Crippen molar-refractivity contribution in [3.05, 3.63) is 41.5 Å². The number of ketones is 14. The third kappa shape index (κ3) is 69.6. The third-order valence-electron chi connectivity index (χ3n) is 24.9. The van der Waals surface area contributed by atoms with E-state index in [2.05, 4.69) is 125 Å². The zero-order valence-electron chi connectivity index (χ0n) is 101. The van der Waals surface area contributed by atoms with Crippen LogP contribution in [0.3, 0.4) is 0 Å². The van der Waals surface area contributed by atoms with Crippen LogP contribution < -0.4 is 37.2 Å². The molecule has 0 fully saturated rings. The number of rotatable bonds is 71. The Morgan fingerprint density at radius 2 is 0.578 bits per heavy atom. The van der Waals surface area contributed by atoms with Gasteiger partial charge in [-0.15, -0.1) is 0 Å². The Kier molecular flexibility index (Phi) is 79.9. The number of amides is 3. The summed E-state index contributed by atoms with van der Waals surface area (Å²) in [5.74, 6) is -0.0960. The Morgan fingerprint density at radius 3 is 0.878 bits per heavy atom.